The van der Waals surface area contributed by atoms with Gasteiger partial charge in [-0.25, -0.2) is 0 Å². The van der Waals surface area contributed by atoms with Gasteiger partial charge in [0.2, 0.25) is 5.91 Å². The maximum absolute atomic E-state index is 11.6. The summed E-state index contributed by atoms with van der Waals surface area (Å²) >= 11 is 0. The van der Waals surface area contributed by atoms with Crippen LogP contribution in [0.25, 0.3) is 0 Å². The van der Waals surface area contributed by atoms with Crippen molar-refractivity contribution in [3.05, 3.63) is 0 Å². The number of ether oxygens (including phenoxy) is 1. The number of carboxylic acids is 1. The Bertz CT molecular complexity index is 280. The second-order valence-electron chi connectivity index (χ2n) is 4.75. The van der Waals surface area contributed by atoms with Crippen molar-refractivity contribution in [2.24, 2.45) is 5.92 Å². The molecule has 0 aromatic rings. The number of hydrogen-bond acceptors (Lipinski definition) is 3. The number of aliphatic carboxylic acids is 1. The highest BCUT2D eigenvalue weighted by atomic mass is 16.5. The van der Waals surface area contributed by atoms with Gasteiger partial charge in [0.1, 0.15) is 13.2 Å². The van der Waals surface area contributed by atoms with E-state index in [1.807, 2.05) is 0 Å². The van der Waals surface area contributed by atoms with Gasteiger partial charge in [-0.05, 0) is 18.8 Å². The van der Waals surface area contributed by atoms with E-state index < -0.39 is 5.97 Å². The summed E-state index contributed by atoms with van der Waals surface area (Å²) in [6.45, 7) is 1.84. The van der Waals surface area contributed by atoms with Gasteiger partial charge in [0, 0.05) is 7.05 Å². The van der Waals surface area contributed by atoms with Gasteiger partial charge in [0.15, 0.2) is 0 Å². The Kier molecular flexibility index (Phi) is 5.41. The van der Waals surface area contributed by atoms with Crippen LogP contribution in [0.4, 0.5) is 0 Å². The molecule has 17 heavy (non-hydrogen) atoms. The summed E-state index contributed by atoms with van der Waals surface area (Å²) in [5, 5.41) is 8.56. The fourth-order valence-corrected chi connectivity index (χ4v) is 2.11. The van der Waals surface area contributed by atoms with Crippen LogP contribution in [0.3, 0.4) is 0 Å². The zero-order valence-corrected chi connectivity index (χ0v) is 10.5. The molecule has 0 saturated heterocycles. The third-order valence-corrected chi connectivity index (χ3v) is 3.25. The highest BCUT2D eigenvalue weighted by Crippen LogP contribution is 2.26. The molecule has 5 heteroatoms. The maximum Gasteiger partial charge on any atom is 0.323 e. The first-order valence-electron chi connectivity index (χ1n) is 6.08. The molecule has 5 nitrogen and oxygen atoms in total. The summed E-state index contributed by atoms with van der Waals surface area (Å²) in [6.07, 6.45) is 4.66. The first-order chi connectivity index (χ1) is 8.00. The van der Waals surface area contributed by atoms with Crippen LogP contribution in [-0.4, -0.2) is 48.2 Å². The van der Waals surface area contributed by atoms with E-state index in [2.05, 4.69) is 6.92 Å². The standard InChI is InChI=1S/C12H21NO4/c1-9-5-3-4-6-10(9)17-8-11(14)13(2)7-12(15)16/h9-10H,3-8H2,1-2H3,(H,15,16)/t9-,10-/m1/s1. The molecule has 0 aromatic carbocycles. The zero-order chi connectivity index (χ0) is 12.8. The number of carbonyl (C=O) groups is 2. The van der Waals surface area contributed by atoms with E-state index in [0.717, 1.165) is 19.3 Å². The molecule has 0 bridgehead atoms. The molecule has 0 aromatic heterocycles. The summed E-state index contributed by atoms with van der Waals surface area (Å²) in [4.78, 5) is 23.2. The Morgan fingerprint density at radius 2 is 2.00 bits per heavy atom. The van der Waals surface area contributed by atoms with E-state index in [-0.39, 0.29) is 25.2 Å². The molecule has 1 aliphatic rings. The van der Waals surface area contributed by atoms with Crippen molar-refractivity contribution in [3.63, 3.8) is 0 Å². The zero-order valence-electron chi connectivity index (χ0n) is 10.5. The summed E-state index contributed by atoms with van der Waals surface area (Å²) < 4.78 is 5.58. The van der Waals surface area contributed by atoms with Crippen LogP contribution in [0, 0.1) is 5.92 Å². The van der Waals surface area contributed by atoms with Crippen molar-refractivity contribution in [2.45, 2.75) is 38.7 Å². The molecule has 1 rings (SSSR count). The molecule has 1 saturated carbocycles. The van der Waals surface area contributed by atoms with Crippen LogP contribution in [0.5, 0.6) is 0 Å². The lowest BCUT2D eigenvalue weighted by atomic mass is 9.88. The molecule has 0 heterocycles. The molecular weight excluding hydrogens is 222 g/mol. The Balaban J connectivity index is 2.29. The van der Waals surface area contributed by atoms with E-state index in [1.165, 1.54) is 18.4 Å². The predicted molar refractivity (Wildman–Crippen MR) is 62.6 cm³/mol. The van der Waals surface area contributed by atoms with Gasteiger partial charge < -0.3 is 14.7 Å². The molecule has 0 spiro atoms. The summed E-state index contributed by atoms with van der Waals surface area (Å²) in [5.41, 5.74) is 0. The summed E-state index contributed by atoms with van der Waals surface area (Å²) in [5.74, 6) is -0.793. The SMILES string of the molecule is C[C@@H]1CCCC[C@H]1OCC(=O)N(C)CC(=O)O. The molecule has 2 atom stereocenters. The van der Waals surface area contributed by atoms with E-state index in [0.29, 0.717) is 5.92 Å². The first kappa shape index (κ1) is 14.0. The van der Waals surface area contributed by atoms with Gasteiger partial charge in [-0.2, -0.15) is 0 Å². The number of rotatable bonds is 5. The average molecular weight is 243 g/mol. The highest BCUT2D eigenvalue weighted by molar-refractivity contribution is 5.81. The van der Waals surface area contributed by atoms with Gasteiger partial charge in [0.05, 0.1) is 6.10 Å². The van der Waals surface area contributed by atoms with Crippen molar-refractivity contribution >= 4 is 11.9 Å². The molecule has 98 valence electrons. The molecular formula is C12H21NO4. The summed E-state index contributed by atoms with van der Waals surface area (Å²) in [6, 6.07) is 0. The Morgan fingerprint density at radius 3 is 2.59 bits per heavy atom. The van der Waals surface area contributed by atoms with Crippen LogP contribution in [0.15, 0.2) is 0 Å². The third kappa shape index (κ3) is 4.73. The topological polar surface area (TPSA) is 66.8 Å². The fraction of sp³-hybridized carbons (Fsp3) is 0.833. The quantitative estimate of drug-likeness (QED) is 0.786. The van der Waals surface area contributed by atoms with Crippen LogP contribution in [0.2, 0.25) is 0 Å². The smallest absolute Gasteiger partial charge is 0.323 e. The largest absolute Gasteiger partial charge is 0.480 e. The second kappa shape index (κ2) is 6.59. The lowest BCUT2D eigenvalue weighted by molar-refractivity contribution is -0.147. The van der Waals surface area contributed by atoms with Gasteiger partial charge in [-0.3, -0.25) is 9.59 Å². The number of nitrogens with zero attached hydrogens (tertiary/aromatic N) is 1. The van der Waals surface area contributed by atoms with Crippen molar-refractivity contribution < 1.29 is 19.4 Å². The van der Waals surface area contributed by atoms with Gasteiger partial charge in [0.25, 0.3) is 0 Å². The Labute approximate surface area is 102 Å². The molecule has 1 fully saturated rings. The number of carboxylic acid groups (broad SMARTS) is 1. The molecule has 0 radical (unpaired) electrons. The van der Waals surface area contributed by atoms with Crippen LogP contribution in [0.1, 0.15) is 32.6 Å². The van der Waals surface area contributed by atoms with Gasteiger partial charge >= 0.3 is 5.97 Å². The van der Waals surface area contributed by atoms with Crippen molar-refractivity contribution in [1.82, 2.24) is 4.90 Å². The molecule has 0 aliphatic heterocycles. The number of hydrogen-bond donors (Lipinski definition) is 1. The number of carbonyl (C=O) groups excluding carboxylic acids is 1. The summed E-state index contributed by atoms with van der Waals surface area (Å²) in [7, 11) is 1.48. The molecule has 1 N–H and O–H groups in total. The Morgan fingerprint density at radius 1 is 1.35 bits per heavy atom. The van der Waals surface area contributed by atoms with Crippen molar-refractivity contribution in [1.29, 1.82) is 0 Å². The second-order valence-corrected chi connectivity index (χ2v) is 4.75. The van der Waals surface area contributed by atoms with Gasteiger partial charge in [-0.1, -0.05) is 19.8 Å². The van der Waals surface area contributed by atoms with E-state index in [1.54, 1.807) is 0 Å². The minimum absolute atomic E-state index is 0.0151. The first-order valence-corrected chi connectivity index (χ1v) is 6.08. The van der Waals surface area contributed by atoms with E-state index in [4.69, 9.17) is 9.84 Å². The van der Waals surface area contributed by atoms with E-state index in [9.17, 15) is 9.59 Å². The van der Waals surface area contributed by atoms with Crippen molar-refractivity contribution in [3.8, 4) is 0 Å². The van der Waals surface area contributed by atoms with Crippen LogP contribution < -0.4 is 0 Å². The van der Waals surface area contributed by atoms with Crippen LogP contribution >= 0.6 is 0 Å². The third-order valence-electron chi connectivity index (χ3n) is 3.25. The number of likely N-dealkylation sites (N-methyl/N-ethyl adjacent to an activating group) is 1. The number of amides is 1. The lowest BCUT2D eigenvalue weighted by Crippen LogP contribution is -2.37. The molecule has 1 amide bonds. The maximum atomic E-state index is 11.6. The van der Waals surface area contributed by atoms with E-state index >= 15 is 0 Å². The fourth-order valence-electron chi connectivity index (χ4n) is 2.11. The van der Waals surface area contributed by atoms with Crippen LogP contribution in [-0.2, 0) is 14.3 Å². The predicted octanol–water partition coefficient (Wildman–Crippen LogP) is 1.12. The molecule has 1 aliphatic carbocycles. The monoisotopic (exact) mass is 243 g/mol. The van der Waals surface area contributed by atoms with Crippen molar-refractivity contribution in [2.75, 3.05) is 20.2 Å². The lowest BCUT2D eigenvalue weighted by Gasteiger charge is -2.29. The highest BCUT2D eigenvalue weighted by Gasteiger charge is 2.23. The normalized spacial score (nSPS) is 24.4. The minimum Gasteiger partial charge on any atom is -0.480 e. The Hall–Kier alpha value is -1.10. The minimum atomic E-state index is -1.01. The molecule has 0 unspecified atom stereocenters. The van der Waals surface area contributed by atoms with Gasteiger partial charge in [-0.15, -0.1) is 0 Å². The average Bonchev–Trinajstić information content (AvgIpc) is 2.26.